The summed E-state index contributed by atoms with van der Waals surface area (Å²) in [5.41, 5.74) is 2.02. The summed E-state index contributed by atoms with van der Waals surface area (Å²) >= 11 is 9.41. The van der Waals surface area contributed by atoms with Gasteiger partial charge in [0.05, 0.1) is 18.7 Å². The lowest BCUT2D eigenvalue weighted by molar-refractivity contribution is 0.309. The van der Waals surface area contributed by atoms with Gasteiger partial charge in [0, 0.05) is 22.3 Å². The average molecular weight is 371 g/mol. The molecule has 0 heterocycles. The van der Waals surface area contributed by atoms with Crippen molar-refractivity contribution < 1.29 is 9.47 Å². The predicted octanol–water partition coefficient (Wildman–Crippen LogP) is 5.12. The molecule has 0 saturated carbocycles. The third-order valence-electron chi connectivity index (χ3n) is 2.97. The van der Waals surface area contributed by atoms with Crippen molar-refractivity contribution in [1.29, 1.82) is 0 Å². The van der Waals surface area contributed by atoms with Gasteiger partial charge in [0.15, 0.2) is 11.5 Å². The van der Waals surface area contributed by atoms with E-state index in [9.17, 15) is 0 Å². The lowest BCUT2D eigenvalue weighted by Gasteiger charge is -2.14. The number of benzene rings is 2. The number of rotatable bonds is 6. The summed E-state index contributed by atoms with van der Waals surface area (Å²) in [6, 6.07) is 11.6. The first-order valence-corrected chi connectivity index (χ1v) is 7.80. The van der Waals surface area contributed by atoms with Crippen LogP contribution >= 0.6 is 27.5 Å². The van der Waals surface area contributed by atoms with Gasteiger partial charge in [-0.2, -0.15) is 0 Å². The third kappa shape index (κ3) is 4.05. The summed E-state index contributed by atoms with van der Waals surface area (Å²) in [6.45, 7) is 3.20. The third-order valence-corrected chi connectivity index (χ3v) is 4.18. The van der Waals surface area contributed by atoms with Gasteiger partial charge in [-0.3, -0.25) is 0 Å². The molecule has 0 bridgehead atoms. The van der Waals surface area contributed by atoms with Crippen LogP contribution in [0.1, 0.15) is 12.5 Å². The number of hydrogen-bond acceptors (Lipinski definition) is 3. The Morgan fingerprint density at radius 1 is 1.24 bits per heavy atom. The zero-order chi connectivity index (χ0) is 15.2. The van der Waals surface area contributed by atoms with Gasteiger partial charge in [0.1, 0.15) is 0 Å². The molecule has 0 radical (unpaired) electrons. The molecule has 3 nitrogen and oxygen atoms in total. The number of nitrogens with one attached hydrogen (secondary N) is 1. The van der Waals surface area contributed by atoms with Crippen molar-refractivity contribution in [2.24, 2.45) is 0 Å². The lowest BCUT2D eigenvalue weighted by atomic mass is 10.1. The van der Waals surface area contributed by atoms with Gasteiger partial charge >= 0.3 is 0 Å². The van der Waals surface area contributed by atoms with Gasteiger partial charge in [-0.1, -0.05) is 23.7 Å². The Labute approximate surface area is 138 Å². The van der Waals surface area contributed by atoms with E-state index in [1.807, 2.05) is 43.3 Å². The van der Waals surface area contributed by atoms with Crippen LogP contribution < -0.4 is 14.8 Å². The van der Waals surface area contributed by atoms with Crippen LogP contribution in [-0.4, -0.2) is 13.7 Å². The zero-order valence-corrected chi connectivity index (χ0v) is 14.3. The molecule has 21 heavy (non-hydrogen) atoms. The summed E-state index contributed by atoms with van der Waals surface area (Å²) < 4.78 is 11.9. The Kier molecular flexibility index (Phi) is 5.76. The van der Waals surface area contributed by atoms with Crippen LogP contribution in [0.5, 0.6) is 11.5 Å². The molecule has 2 aromatic rings. The number of para-hydroxylation sites is 1. The lowest BCUT2D eigenvalue weighted by Crippen LogP contribution is -2.04. The molecular weight excluding hydrogens is 354 g/mol. The van der Waals surface area contributed by atoms with E-state index >= 15 is 0 Å². The fourth-order valence-corrected chi connectivity index (χ4v) is 2.50. The maximum Gasteiger partial charge on any atom is 0.165 e. The van der Waals surface area contributed by atoms with Crippen LogP contribution in [-0.2, 0) is 6.54 Å². The minimum atomic E-state index is 0.609. The number of hydrogen-bond donors (Lipinski definition) is 1. The number of methoxy groups -OCH3 is 1. The standard InChI is InChI=1S/C16H17BrClNO2/c1-3-21-15-6-4-5-11(16(15)20-2)10-19-12-7-8-14(18)13(17)9-12/h4-9,19H,3,10H2,1-2H3. The zero-order valence-electron chi connectivity index (χ0n) is 12.0. The minimum absolute atomic E-state index is 0.609. The molecule has 1 N–H and O–H groups in total. The van der Waals surface area contributed by atoms with Crippen LogP contribution in [0, 0.1) is 0 Å². The van der Waals surface area contributed by atoms with E-state index in [-0.39, 0.29) is 0 Å². The molecule has 2 aromatic carbocycles. The van der Waals surface area contributed by atoms with Crippen LogP contribution in [0.25, 0.3) is 0 Å². The van der Waals surface area contributed by atoms with Gasteiger partial charge < -0.3 is 14.8 Å². The molecule has 0 unspecified atom stereocenters. The molecule has 112 valence electrons. The molecule has 2 rings (SSSR count). The molecule has 0 spiro atoms. The minimum Gasteiger partial charge on any atom is -0.493 e. The smallest absolute Gasteiger partial charge is 0.165 e. The fourth-order valence-electron chi connectivity index (χ4n) is 2.00. The van der Waals surface area contributed by atoms with Crippen LogP contribution in [0.15, 0.2) is 40.9 Å². The van der Waals surface area contributed by atoms with E-state index in [0.717, 1.165) is 27.2 Å². The second-order valence-electron chi connectivity index (χ2n) is 4.36. The van der Waals surface area contributed by atoms with Gasteiger partial charge in [0.2, 0.25) is 0 Å². The van der Waals surface area contributed by atoms with E-state index in [1.54, 1.807) is 7.11 Å². The molecule has 5 heteroatoms. The number of ether oxygens (including phenoxy) is 2. The van der Waals surface area contributed by atoms with Gasteiger partial charge in [-0.25, -0.2) is 0 Å². The number of halogens is 2. The van der Waals surface area contributed by atoms with Gasteiger partial charge in [0.25, 0.3) is 0 Å². The summed E-state index contributed by atoms with van der Waals surface area (Å²) in [5.74, 6) is 1.52. The number of anilines is 1. The van der Waals surface area contributed by atoms with E-state index in [1.165, 1.54) is 0 Å². The molecule has 0 fully saturated rings. The second kappa shape index (κ2) is 7.57. The molecule has 0 aliphatic rings. The maximum absolute atomic E-state index is 5.99. The maximum atomic E-state index is 5.99. The molecule has 0 saturated heterocycles. The normalized spacial score (nSPS) is 10.3. The van der Waals surface area contributed by atoms with Gasteiger partial charge in [-0.15, -0.1) is 0 Å². The Bertz CT molecular complexity index is 619. The van der Waals surface area contributed by atoms with E-state index in [4.69, 9.17) is 21.1 Å². The summed E-state index contributed by atoms with van der Waals surface area (Å²) in [4.78, 5) is 0. The van der Waals surface area contributed by atoms with E-state index in [2.05, 4.69) is 21.2 Å². The molecule has 0 amide bonds. The highest BCUT2D eigenvalue weighted by Crippen LogP contribution is 2.32. The molecule has 0 aromatic heterocycles. The first-order chi connectivity index (χ1) is 10.2. The van der Waals surface area contributed by atoms with Crippen molar-refractivity contribution in [3.05, 3.63) is 51.5 Å². The van der Waals surface area contributed by atoms with Crippen LogP contribution in [0.4, 0.5) is 5.69 Å². The van der Waals surface area contributed by atoms with Crippen molar-refractivity contribution >= 4 is 33.2 Å². The Morgan fingerprint density at radius 2 is 2.05 bits per heavy atom. The molecular formula is C16H17BrClNO2. The Hall–Kier alpha value is -1.39. The van der Waals surface area contributed by atoms with Crippen molar-refractivity contribution in [3.63, 3.8) is 0 Å². The van der Waals surface area contributed by atoms with Crippen molar-refractivity contribution in [2.45, 2.75) is 13.5 Å². The monoisotopic (exact) mass is 369 g/mol. The van der Waals surface area contributed by atoms with Crippen molar-refractivity contribution in [3.8, 4) is 11.5 Å². The van der Waals surface area contributed by atoms with Gasteiger partial charge in [-0.05, 0) is 47.1 Å². The van der Waals surface area contributed by atoms with Crippen LogP contribution in [0.3, 0.4) is 0 Å². The largest absolute Gasteiger partial charge is 0.493 e. The molecule has 0 aliphatic heterocycles. The fraction of sp³-hybridized carbons (Fsp3) is 0.250. The SMILES string of the molecule is CCOc1cccc(CNc2ccc(Cl)c(Br)c2)c1OC. The van der Waals surface area contributed by atoms with Crippen LogP contribution in [0.2, 0.25) is 5.02 Å². The van der Waals surface area contributed by atoms with E-state index in [0.29, 0.717) is 18.2 Å². The first-order valence-electron chi connectivity index (χ1n) is 6.63. The molecule has 0 atom stereocenters. The Morgan fingerprint density at radius 3 is 2.71 bits per heavy atom. The van der Waals surface area contributed by atoms with E-state index < -0.39 is 0 Å². The summed E-state index contributed by atoms with van der Waals surface area (Å²) in [6.07, 6.45) is 0. The first kappa shape index (κ1) is 16.0. The summed E-state index contributed by atoms with van der Waals surface area (Å²) in [7, 11) is 1.65. The molecule has 0 aliphatic carbocycles. The average Bonchev–Trinajstić information content (AvgIpc) is 2.49. The highest BCUT2D eigenvalue weighted by Gasteiger charge is 2.09. The van der Waals surface area contributed by atoms with Crippen molar-refractivity contribution in [1.82, 2.24) is 0 Å². The highest BCUT2D eigenvalue weighted by molar-refractivity contribution is 9.10. The second-order valence-corrected chi connectivity index (χ2v) is 5.63. The Balaban J connectivity index is 2.15. The topological polar surface area (TPSA) is 30.5 Å². The van der Waals surface area contributed by atoms with Crippen molar-refractivity contribution in [2.75, 3.05) is 19.0 Å². The predicted molar refractivity (Wildman–Crippen MR) is 90.6 cm³/mol. The summed E-state index contributed by atoms with van der Waals surface area (Å²) in [5, 5.41) is 4.04. The highest BCUT2D eigenvalue weighted by atomic mass is 79.9. The quantitative estimate of drug-likeness (QED) is 0.765.